The molecular formula is C12H23N3O3S. The fourth-order valence-electron chi connectivity index (χ4n) is 2.79. The minimum Gasteiger partial charge on any atom is -0.337 e. The highest BCUT2D eigenvalue weighted by Crippen LogP contribution is 2.33. The van der Waals surface area contributed by atoms with Crippen molar-refractivity contribution in [1.29, 1.82) is 0 Å². The van der Waals surface area contributed by atoms with Crippen LogP contribution in [0, 0.1) is 0 Å². The molecule has 1 heterocycles. The second-order valence-electron chi connectivity index (χ2n) is 5.78. The van der Waals surface area contributed by atoms with Crippen LogP contribution in [0.25, 0.3) is 0 Å². The molecule has 7 heteroatoms. The highest BCUT2D eigenvalue weighted by atomic mass is 32.2. The third-order valence-corrected chi connectivity index (χ3v) is 4.83. The number of amides is 1. The largest absolute Gasteiger partial charge is 0.337 e. The number of carbonyl (C=O) groups is 1. The molecule has 0 aromatic heterocycles. The summed E-state index contributed by atoms with van der Waals surface area (Å²) in [5.74, 6) is -0.00116. The average Bonchev–Trinajstić information content (AvgIpc) is 2.32. The van der Waals surface area contributed by atoms with E-state index in [9.17, 15) is 13.2 Å². The summed E-state index contributed by atoms with van der Waals surface area (Å²) in [6.45, 7) is 0.981. The molecule has 1 saturated heterocycles. The molecule has 2 fully saturated rings. The minimum absolute atomic E-state index is 0.00116. The van der Waals surface area contributed by atoms with Gasteiger partial charge in [0.15, 0.2) is 0 Å². The number of hydrogen-bond donors (Lipinski definition) is 2. The van der Waals surface area contributed by atoms with Crippen LogP contribution in [-0.2, 0) is 14.8 Å². The van der Waals surface area contributed by atoms with Crippen molar-refractivity contribution in [3.05, 3.63) is 0 Å². The number of carbonyl (C=O) groups excluding carboxylic acids is 1. The fourth-order valence-corrected chi connectivity index (χ4v) is 3.28. The number of likely N-dealkylation sites (tertiary alicyclic amines) is 1. The second-order valence-corrected chi connectivity index (χ2v) is 7.61. The summed E-state index contributed by atoms with van der Waals surface area (Å²) < 4.78 is 24.9. The zero-order chi connectivity index (χ0) is 14.1. The number of rotatable bonds is 4. The van der Waals surface area contributed by atoms with Gasteiger partial charge < -0.3 is 10.6 Å². The Morgan fingerprint density at radius 1 is 1.37 bits per heavy atom. The fraction of sp³-hybridized carbons (Fsp3) is 0.917. The third kappa shape index (κ3) is 3.46. The van der Waals surface area contributed by atoms with Gasteiger partial charge in [-0.05, 0) is 38.5 Å². The van der Waals surface area contributed by atoms with Gasteiger partial charge in [0.25, 0.3) is 0 Å². The van der Waals surface area contributed by atoms with Gasteiger partial charge in [-0.15, -0.1) is 0 Å². The first kappa shape index (κ1) is 14.7. The standard InChI is InChI=1S/C12H23N3O3S/c1-19(17,18)14-9-10-5-2-3-8-15(10)11(16)12(13)6-4-7-12/h10,14H,2-9,13H2,1H3. The summed E-state index contributed by atoms with van der Waals surface area (Å²) in [5, 5.41) is 0. The zero-order valence-electron chi connectivity index (χ0n) is 11.4. The maximum atomic E-state index is 12.5. The van der Waals surface area contributed by atoms with Crippen molar-refractivity contribution in [3.8, 4) is 0 Å². The van der Waals surface area contributed by atoms with Crippen LogP contribution in [0.15, 0.2) is 0 Å². The van der Waals surface area contributed by atoms with Gasteiger partial charge in [0.05, 0.1) is 11.8 Å². The van der Waals surface area contributed by atoms with E-state index in [4.69, 9.17) is 5.73 Å². The zero-order valence-corrected chi connectivity index (χ0v) is 12.2. The summed E-state index contributed by atoms with van der Waals surface area (Å²) in [6.07, 6.45) is 6.46. The number of sulfonamides is 1. The van der Waals surface area contributed by atoms with E-state index in [2.05, 4.69) is 4.72 Å². The lowest BCUT2D eigenvalue weighted by atomic mass is 9.76. The molecule has 0 aromatic carbocycles. The Hall–Kier alpha value is -0.660. The molecule has 19 heavy (non-hydrogen) atoms. The monoisotopic (exact) mass is 289 g/mol. The summed E-state index contributed by atoms with van der Waals surface area (Å²) in [7, 11) is -3.22. The SMILES string of the molecule is CS(=O)(=O)NCC1CCCCN1C(=O)C1(N)CCC1. The molecule has 1 atom stereocenters. The van der Waals surface area contributed by atoms with E-state index < -0.39 is 15.6 Å². The molecule has 0 radical (unpaired) electrons. The van der Waals surface area contributed by atoms with Crippen LogP contribution in [0.5, 0.6) is 0 Å². The molecule has 1 aliphatic carbocycles. The topological polar surface area (TPSA) is 92.5 Å². The van der Waals surface area contributed by atoms with Crippen LogP contribution >= 0.6 is 0 Å². The molecule has 1 unspecified atom stereocenters. The van der Waals surface area contributed by atoms with Gasteiger partial charge in [0.2, 0.25) is 15.9 Å². The number of piperidine rings is 1. The molecule has 1 amide bonds. The summed E-state index contributed by atoms with van der Waals surface area (Å²) in [5.41, 5.74) is 5.40. The quantitative estimate of drug-likeness (QED) is 0.749. The molecule has 1 saturated carbocycles. The predicted molar refractivity (Wildman–Crippen MR) is 73.0 cm³/mol. The van der Waals surface area contributed by atoms with E-state index in [-0.39, 0.29) is 11.9 Å². The maximum absolute atomic E-state index is 12.5. The molecule has 6 nitrogen and oxygen atoms in total. The summed E-state index contributed by atoms with van der Waals surface area (Å²) in [6, 6.07) is -0.0583. The van der Waals surface area contributed by atoms with Gasteiger partial charge in [0, 0.05) is 19.1 Å². The van der Waals surface area contributed by atoms with Crippen molar-refractivity contribution in [1.82, 2.24) is 9.62 Å². The van der Waals surface area contributed by atoms with Crippen LogP contribution in [-0.4, -0.2) is 50.2 Å². The van der Waals surface area contributed by atoms with Crippen LogP contribution in [0.3, 0.4) is 0 Å². The van der Waals surface area contributed by atoms with Crippen molar-refractivity contribution in [2.24, 2.45) is 5.73 Å². The Labute approximate surface area is 114 Å². The Morgan fingerprint density at radius 3 is 2.58 bits per heavy atom. The van der Waals surface area contributed by atoms with Crippen LogP contribution in [0.1, 0.15) is 38.5 Å². The second kappa shape index (κ2) is 5.38. The first-order chi connectivity index (χ1) is 8.82. The first-order valence-electron chi connectivity index (χ1n) is 6.86. The van der Waals surface area contributed by atoms with Crippen molar-refractivity contribution in [2.75, 3.05) is 19.3 Å². The Kier molecular flexibility index (Phi) is 4.17. The molecule has 0 bridgehead atoms. The van der Waals surface area contributed by atoms with E-state index in [1.54, 1.807) is 4.90 Å². The minimum atomic E-state index is -3.22. The number of nitrogens with two attached hydrogens (primary N) is 1. The smallest absolute Gasteiger partial charge is 0.242 e. The predicted octanol–water partition coefficient (Wildman–Crippen LogP) is -0.202. The van der Waals surface area contributed by atoms with E-state index in [0.29, 0.717) is 13.1 Å². The van der Waals surface area contributed by atoms with E-state index in [1.807, 2.05) is 0 Å². The highest BCUT2D eigenvalue weighted by molar-refractivity contribution is 7.88. The van der Waals surface area contributed by atoms with Gasteiger partial charge in [-0.25, -0.2) is 13.1 Å². The van der Waals surface area contributed by atoms with E-state index in [0.717, 1.165) is 44.8 Å². The average molecular weight is 289 g/mol. The van der Waals surface area contributed by atoms with Crippen molar-refractivity contribution >= 4 is 15.9 Å². The van der Waals surface area contributed by atoms with Gasteiger partial charge >= 0.3 is 0 Å². The lowest BCUT2D eigenvalue weighted by Crippen LogP contribution is -2.63. The number of nitrogens with one attached hydrogen (secondary N) is 1. The lowest BCUT2D eigenvalue weighted by Gasteiger charge is -2.45. The molecule has 1 aliphatic heterocycles. The molecule has 3 N–H and O–H groups in total. The summed E-state index contributed by atoms with van der Waals surface area (Å²) in [4.78, 5) is 14.3. The van der Waals surface area contributed by atoms with Gasteiger partial charge in [-0.2, -0.15) is 0 Å². The van der Waals surface area contributed by atoms with Crippen molar-refractivity contribution in [2.45, 2.75) is 50.1 Å². The third-order valence-electron chi connectivity index (χ3n) is 4.14. The van der Waals surface area contributed by atoms with Gasteiger partial charge in [0.1, 0.15) is 0 Å². The van der Waals surface area contributed by atoms with E-state index in [1.165, 1.54) is 0 Å². The highest BCUT2D eigenvalue weighted by Gasteiger charge is 2.44. The number of nitrogens with zero attached hydrogens (tertiary/aromatic N) is 1. The maximum Gasteiger partial charge on any atom is 0.242 e. The van der Waals surface area contributed by atoms with Gasteiger partial charge in [-0.1, -0.05) is 0 Å². The van der Waals surface area contributed by atoms with Crippen LogP contribution in [0.4, 0.5) is 0 Å². The van der Waals surface area contributed by atoms with Gasteiger partial charge in [-0.3, -0.25) is 4.79 Å². The molecule has 0 spiro atoms. The Bertz CT molecular complexity index is 445. The molecule has 2 rings (SSSR count). The summed E-state index contributed by atoms with van der Waals surface area (Å²) >= 11 is 0. The Morgan fingerprint density at radius 2 is 2.05 bits per heavy atom. The molecular weight excluding hydrogens is 266 g/mol. The Balaban J connectivity index is 2.01. The van der Waals surface area contributed by atoms with Crippen molar-refractivity contribution in [3.63, 3.8) is 0 Å². The normalized spacial score (nSPS) is 26.8. The molecule has 2 aliphatic rings. The van der Waals surface area contributed by atoms with Crippen LogP contribution < -0.4 is 10.5 Å². The van der Waals surface area contributed by atoms with Crippen molar-refractivity contribution < 1.29 is 13.2 Å². The van der Waals surface area contributed by atoms with E-state index >= 15 is 0 Å². The molecule has 110 valence electrons. The molecule has 0 aromatic rings. The lowest BCUT2D eigenvalue weighted by molar-refractivity contribution is -0.143. The van der Waals surface area contributed by atoms with Crippen LogP contribution in [0.2, 0.25) is 0 Å². The first-order valence-corrected chi connectivity index (χ1v) is 8.76. The number of hydrogen-bond acceptors (Lipinski definition) is 4.